The zero-order chi connectivity index (χ0) is 14.9. The van der Waals surface area contributed by atoms with E-state index in [4.69, 9.17) is 0 Å². The van der Waals surface area contributed by atoms with Gasteiger partial charge in [-0.1, -0.05) is 77.2 Å². The Morgan fingerprint density at radius 1 is 0.750 bits per heavy atom. The molecule has 0 spiro atoms. The Labute approximate surface area is 127 Å². The summed E-state index contributed by atoms with van der Waals surface area (Å²) in [5.74, 6) is 0.429. The summed E-state index contributed by atoms with van der Waals surface area (Å²) in [7, 11) is 0. The lowest BCUT2D eigenvalue weighted by Gasteiger charge is -2.03. The lowest BCUT2D eigenvalue weighted by molar-refractivity contribution is -0.118. The third-order valence-electron chi connectivity index (χ3n) is 4.01. The monoisotopic (exact) mass is 280 g/mol. The molecule has 0 aromatic heterocycles. The number of allylic oxidation sites excluding steroid dienone is 1. The predicted octanol–water partition coefficient (Wildman–Crippen LogP) is 6.61. The van der Waals surface area contributed by atoms with E-state index in [1.807, 2.05) is 13.0 Å². The van der Waals surface area contributed by atoms with Gasteiger partial charge in [0.05, 0.1) is 0 Å². The lowest BCUT2D eigenvalue weighted by Crippen LogP contribution is -1.94. The van der Waals surface area contributed by atoms with Gasteiger partial charge in [0, 0.05) is 12.8 Å². The van der Waals surface area contributed by atoms with Gasteiger partial charge in [-0.25, -0.2) is 0 Å². The van der Waals surface area contributed by atoms with Crippen molar-refractivity contribution in [3.05, 3.63) is 12.7 Å². The summed E-state index contributed by atoms with van der Waals surface area (Å²) in [6.07, 6.45) is 20.9. The Kier molecular flexibility index (Phi) is 16.0. The molecule has 118 valence electrons. The first-order valence-electron chi connectivity index (χ1n) is 8.93. The molecule has 0 rings (SSSR count). The maximum Gasteiger partial charge on any atom is 0.132 e. The molecule has 0 atom stereocenters. The van der Waals surface area contributed by atoms with Crippen LogP contribution in [0.5, 0.6) is 0 Å². The van der Waals surface area contributed by atoms with Crippen LogP contribution in [0.3, 0.4) is 0 Å². The van der Waals surface area contributed by atoms with E-state index >= 15 is 0 Å². The normalized spacial score (nSPS) is 10.7. The Morgan fingerprint density at radius 2 is 1.15 bits per heavy atom. The van der Waals surface area contributed by atoms with Gasteiger partial charge in [-0.15, -0.1) is 6.58 Å². The van der Waals surface area contributed by atoms with E-state index in [0.29, 0.717) is 12.2 Å². The van der Waals surface area contributed by atoms with Crippen LogP contribution in [0.2, 0.25) is 0 Å². The summed E-state index contributed by atoms with van der Waals surface area (Å²) in [5, 5.41) is 0. The molecule has 0 aliphatic heterocycles. The number of rotatable bonds is 16. The van der Waals surface area contributed by atoms with Gasteiger partial charge in [-0.2, -0.15) is 0 Å². The van der Waals surface area contributed by atoms with Gasteiger partial charge in [-0.3, -0.25) is 4.79 Å². The molecular weight excluding hydrogens is 244 g/mol. The molecule has 0 aliphatic rings. The Bertz CT molecular complexity index is 220. The number of hydrogen-bond acceptors (Lipinski definition) is 1. The van der Waals surface area contributed by atoms with Crippen molar-refractivity contribution in [2.75, 3.05) is 0 Å². The Hall–Kier alpha value is -0.590. The summed E-state index contributed by atoms with van der Waals surface area (Å²) in [5.41, 5.74) is 0. The fourth-order valence-electron chi connectivity index (χ4n) is 2.56. The zero-order valence-corrected chi connectivity index (χ0v) is 13.8. The second-order valence-electron chi connectivity index (χ2n) is 5.96. The molecule has 0 radical (unpaired) electrons. The summed E-state index contributed by atoms with van der Waals surface area (Å²) in [4.78, 5) is 11.1. The van der Waals surface area contributed by atoms with Crippen molar-refractivity contribution in [3.8, 4) is 0 Å². The summed E-state index contributed by atoms with van der Waals surface area (Å²) in [6.45, 7) is 5.71. The van der Waals surface area contributed by atoms with Crippen molar-refractivity contribution in [3.63, 3.8) is 0 Å². The van der Waals surface area contributed by atoms with Crippen molar-refractivity contribution in [1.82, 2.24) is 0 Å². The molecule has 0 amide bonds. The molecule has 0 aromatic carbocycles. The maximum atomic E-state index is 11.1. The van der Waals surface area contributed by atoms with Crippen molar-refractivity contribution in [2.45, 2.75) is 103 Å². The topological polar surface area (TPSA) is 17.1 Å². The van der Waals surface area contributed by atoms with E-state index in [2.05, 4.69) is 6.58 Å². The number of Topliss-reactive ketones (excluding diaryl/α,β-unsaturated/α-hetero) is 1. The fraction of sp³-hybridized carbons (Fsp3) is 0.842. The molecule has 0 saturated carbocycles. The van der Waals surface area contributed by atoms with E-state index < -0.39 is 0 Å². The standard InChI is InChI=1S/C19H36O/c1-3-5-6-7-8-9-10-11-12-13-14-15-16-17-18-19(20)4-2/h3H,1,4-18H2,2H3. The second kappa shape index (κ2) is 16.5. The van der Waals surface area contributed by atoms with Gasteiger partial charge >= 0.3 is 0 Å². The average Bonchev–Trinajstić information content (AvgIpc) is 2.47. The van der Waals surface area contributed by atoms with Crippen LogP contribution in [-0.2, 0) is 4.79 Å². The van der Waals surface area contributed by atoms with E-state index in [1.54, 1.807) is 0 Å². The minimum atomic E-state index is 0.429. The largest absolute Gasteiger partial charge is 0.300 e. The number of ketones is 1. The predicted molar refractivity (Wildman–Crippen MR) is 90.1 cm³/mol. The molecule has 20 heavy (non-hydrogen) atoms. The Balaban J connectivity index is 2.99. The molecule has 1 nitrogen and oxygen atoms in total. The number of carbonyl (C=O) groups excluding carboxylic acids is 1. The molecule has 0 bridgehead atoms. The number of hydrogen-bond donors (Lipinski definition) is 0. The molecule has 0 heterocycles. The first-order chi connectivity index (χ1) is 9.81. The van der Waals surface area contributed by atoms with Crippen molar-refractivity contribution in [2.24, 2.45) is 0 Å². The highest BCUT2D eigenvalue weighted by atomic mass is 16.1. The molecule has 0 N–H and O–H groups in total. The summed E-state index contributed by atoms with van der Waals surface area (Å²) < 4.78 is 0. The van der Waals surface area contributed by atoms with E-state index in [0.717, 1.165) is 12.8 Å². The highest BCUT2D eigenvalue weighted by molar-refractivity contribution is 5.77. The van der Waals surface area contributed by atoms with Gasteiger partial charge in [0.25, 0.3) is 0 Å². The van der Waals surface area contributed by atoms with E-state index in [-0.39, 0.29) is 0 Å². The van der Waals surface area contributed by atoms with Crippen LogP contribution < -0.4 is 0 Å². The van der Waals surface area contributed by atoms with Crippen LogP contribution in [0.25, 0.3) is 0 Å². The van der Waals surface area contributed by atoms with Crippen LogP contribution >= 0.6 is 0 Å². The van der Waals surface area contributed by atoms with E-state index in [1.165, 1.54) is 77.0 Å². The van der Waals surface area contributed by atoms with Crippen molar-refractivity contribution < 1.29 is 4.79 Å². The van der Waals surface area contributed by atoms with Crippen LogP contribution in [-0.4, -0.2) is 5.78 Å². The molecule has 0 fully saturated rings. The zero-order valence-electron chi connectivity index (χ0n) is 13.8. The second-order valence-corrected chi connectivity index (χ2v) is 5.96. The minimum Gasteiger partial charge on any atom is -0.300 e. The molecule has 1 heteroatoms. The quantitative estimate of drug-likeness (QED) is 0.229. The Morgan fingerprint density at radius 3 is 1.55 bits per heavy atom. The molecular formula is C19H36O. The number of unbranched alkanes of at least 4 members (excludes halogenated alkanes) is 12. The van der Waals surface area contributed by atoms with Crippen LogP contribution in [0, 0.1) is 0 Å². The highest BCUT2D eigenvalue weighted by Gasteiger charge is 1.97. The first kappa shape index (κ1) is 19.4. The van der Waals surface area contributed by atoms with Gasteiger partial charge in [0.2, 0.25) is 0 Å². The van der Waals surface area contributed by atoms with Gasteiger partial charge in [-0.05, 0) is 19.3 Å². The summed E-state index contributed by atoms with van der Waals surface area (Å²) >= 11 is 0. The van der Waals surface area contributed by atoms with Crippen LogP contribution in [0.4, 0.5) is 0 Å². The molecule has 0 aliphatic carbocycles. The van der Waals surface area contributed by atoms with Crippen LogP contribution in [0.15, 0.2) is 12.7 Å². The van der Waals surface area contributed by atoms with Crippen molar-refractivity contribution in [1.29, 1.82) is 0 Å². The number of carbonyl (C=O) groups is 1. The SMILES string of the molecule is C=CCCCCCCCCCCCCCCC(=O)CC. The molecule has 0 unspecified atom stereocenters. The van der Waals surface area contributed by atoms with Crippen LogP contribution in [0.1, 0.15) is 103 Å². The van der Waals surface area contributed by atoms with Gasteiger partial charge < -0.3 is 0 Å². The van der Waals surface area contributed by atoms with Crippen molar-refractivity contribution >= 4 is 5.78 Å². The average molecular weight is 280 g/mol. The van der Waals surface area contributed by atoms with Gasteiger partial charge in [0.15, 0.2) is 0 Å². The minimum absolute atomic E-state index is 0.429. The molecule has 0 aromatic rings. The first-order valence-corrected chi connectivity index (χ1v) is 8.93. The summed E-state index contributed by atoms with van der Waals surface area (Å²) in [6, 6.07) is 0. The lowest BCUT2D eigenvalue weighted by atomic mass is 10.0. The third-order valence-corrected chi connectivity index (χ3v) is 4.01. The van der Waals surface area contributed by atoms with Gasteiger partial charge in [0.1, 0.15) is 5.78 Å². The smallest absolute Gasteiger partial charge is 0.132 e. The third kappa shape index (κ3) is 15.5. The fourth-order valence-corrected chi connectivity index (χ4v) is 2.56. The highest BCUT2D eigenvalue weighted by Crippen LogP contribution is 2.13. The molecule has 0 saturated heterocycles. The maximum absolute atomic E-state index is 11.1. The van der Waals surface area contributed by atoms with E-state index in [9.17, 15) is 4.79 Å².